The van der Waals surface area contributed by atoms with E-state index in [1.54, 1.807) is 42.7 Å². The molecule has 1 aliphatic carbocycles. The molecular weight excluding hydrogens is 454 g/mol. The second-order valence-electron chi connectivity index (χ2n) is 9.27. The first-order valence-corrected chi connectivity index (χ1v) is 11.7. The second kappa shape index (κ2) is 9.20. The summed E-state index contributed by atoms with van der Waals surface area (Å²) in [6, 6.07) is 5.73. The van der Waals surface area contributed by atoms with Crippen LogP contribution in [0.5, 0.6) is 0 Å². The van der Waals surface area contributed by atoms with Gasteiger partial charge < -0.3 is 14.8 Å². The molecule has 0 aromatic carbocycles. The lowest BCUT2D eigenvalue weighted by atomic mass is 9.85. The normalized spacial score (nSPS) is 18.5. The molecule has 1 N–H and O–H groups in total. The number of nitrogens with zero attached hydrogens (tertiary/aromatic N) is 7. The molecule has 0 saturated heterocycles. The zero-order chi connectivity index (χ0) is 24.7. The van der Waals surface area contributed by atoms with E-state index in [1.165, 1.54) is 4.57 Å². The molecule has 1 fully saturated rings. The summed E-state index contributed by atoms with van der Waals surface area (Å²) >= 11 is 0. The van der Waals surface area contributed by atoms with Crippen LogP contribution < -0.4 is 5.32 Å². The zero-order valence-electron chi connectivity index (χ0n) is 19.9. The summed E-state index contributed by atoms with van der Waals surface area (Å²) in [6.45, 7) is 1.26. The fourth-order valence-electron chi connectivity index (χ4n) is 4.84. The third kappa shape index (κ3) is 4.54. The number of imidazole rings is 1. The largest absolute Gasteiger partial charge is 0.350 e. The fourth-order valence-corrected chi connectivity index (χ4v) is 4.84. The maximum absolute atomic E-state index is 13.1. The number of aromatic nitrogens is 6. The molecule has 4 heterocycles. The van der Waals surface area contributed by atoms with Crippen molar-refractivity contribution >= 4 is 28.5 Å². The molecule has 0 radical (unpaired) electrons. The maximum atomic E-state index is 13.1. The van der Waals surface area contributed by atoms with Crippen molar-refractivity contribution in [2.24, 2.45) is 5.92 Å². The van der Waals surface area contributed by atoms with Gasteiger partial charge in [0.2, 0.25) is 11.9 Å². The van der Waals surface area contributed by atoms with Crippen molar-refractivity contribution in [3.8, 4) is 11.3 Å². The average molecular weight is 483 g/mol. The molecule has 4 aromatic heterocycles. The van der Waals surface area contributed by atoms with Gasteiger partial charge in [0.15, 0.2) is 5.65 Å². The Balaban J connectivity index is 1.35. The Kier molecular flexibility index (Phi) is 6.08. The average Bonchev–Trinajstić information content (AvgIpc) is 3.39. The summed E-state index contributed by atoms with van der Waals surface area (Å²) in [7, 11) is 3.60. The van der Waals surface area contributed by atoms with Crippen molar-refractivity contribution in [3.63, 3.8) is 0 Å². The number of amides is 1. The van der Waals surface area contributed by atoms with Crippen molar-refractivity contribution < 1.29 is 13.6 Å². The highest BCUT2D eigenvalue weighted by Crippen LogP contribution is 2.29. The predicted octanol–water partition coefficient (Wildman–Crippen LogP) is 3.77. The molecule has 184 valence electrons. The number of hydrogen-bond acceptors (Lipinski definition) is 6. The monoisotopic (exact) mass is 482 g/mol. The van der Waals surface area contributed by atoms with Crippen molar-refractivity contribution in [2.45, 2.75) is 51.6 Å². The van der Waals surface area contributed by atoms with E-state index >= 15 is 0 Å². The van der Waals surface area contributed by atoms with Crippen LogP contribution in [0.2, 0.25) is 0 Å². The quantitative estimate of drug-likeness (QED) is 0.450. The molecule has 0 unspecified atom stereocenters. The molecule has 9 nitrogen and oxygen atoms in total. The Morgan fingerprint density at radius 1 is 1.17 bits per heavy atom. The van der Waals surface area contributed by atoms with Crippen LogP contribution in [0.3, 0.4) is 0 Å². The summed E-state index contributed by atoms with van der Waals surface area (Å²) in [5.74, 6) is 1.31. The SMILES string of the molecule is Cc1nc2ccc(-c3ccn4nc(N[C@H]5CC[C@H](C(=O)N(C)C)CC5)ncc34)nc2n1CC(F)F. The first kappa shape index (κ1) is 23.1. The minimum absolute atomic E-state index is 0.0871. The Morgan fingerprint density at radius 2 is 1.94 bits per heavy atom. The molecule has 11 heteroatoms. The molecule has 4 aromatic rings. The molecule has 1 saturated carbocycles. The number of rotatable bonds is 6. The van der Waals surface area contributed by atoms with Gasteiger partial charge in [0.05, 0.1) is 24.0 Å². The smallest absolute Gasteiger partial charge is 0.256 e. The number of hydrogen-bond donors (Lipinski definition) is 1. The van der Waals surface area contributed by atoms with Crippen LogP contribution in [0.1, 0.15) is 31.5 Å². The molecular formula is C24H28F2N8O. The molecule has 1 aliphatic rings. The van der Waals surface area contributed by atoms with E-state index < -0.39 is 13.0 Å². The minimum Gasteiger partial charge on any atom is -0.350 e. The highest BCUT2D eigenvalue weighted by atomic mass is 19.3. The molecule has 0 bridgehead atoms. The number of fused-ring (bicyclic) bond motifs is 2. The predicted molar refractivity (Wildman–Crippen MR) is 128 cm³/mol. The summed E-state index contributed by atoms with van der Waals surface area (Å²) < 4.78 is 29.3. The van der Waals surface area contributed by atoms with Crippen molar-refractivity contribution in [3.05, 3.63) is 36.4 Å². The summed E-state index contributed by atoms with van der Waals surface area (Å²) in [4.78, 5) is 27.4. The second-order valence-corrected chi connectivity index (χ2v) is 9.27. The lowest BCUT2D eigenvalue weighted by Crippen LogP contribution is -2.35. The molecule has 0 atom stereocenters. The number of nitrogens with one attached hydrogen (secondary N) is 1. The van der Waals surface area contributed by atoms with Gasteiger partial charge in [-0.05, 0) is 50.8 Å². The summed E-state index contributed by atoms with van der Waals surface area (Å²) in [5.41, 5.74) is 3.23. The minimum atomic E-state index is -2.49. The van der Waals surface area contributed by atoms with Gasteiger partial charge >= 0.3 is 0 Å². The molecule has 35 heavy (non-hydrogen) atoms. The van der Waals surface area contributed by atoms with E-state index in [9.17, 15) is 13.6 Å². The van der Waals surface area contributed by atoms with Crippen molar-refractivity contribution in [1.82, 2.24) is 34.0 Å². The molecule has 1 amide bonds. The van der Waals surface area contributed by atoms with Crippen LogP contribution in [0.25, 0.3) is 27.9 Å². The van der Waals surface area contributed by atoms with Gasteiger partial charge in [0.1, 0.15) is 11.3 Å². The third-order valence-electron chi connectivity index (χ3n) is 6.65. The first-order valence-electron chi connectivity index (χ1n) is 11.7. The van der Waals surface area contributed by atoms with E-state index in [0.717, 1.165) is 36.8 Å². The van der Waals surface area contributed by atoms with E-state index in [1.807, 2.05) is 18.3 Å². The molecule has 0 aliphatic heterocycles. The van der Waals surface area contributed by atoms with Crippen molar-refractivity contribution in [2.75, 3.05) is 19.4 Å². The molecule has 5 rings (SSSR count). The lowest BCUT2D eigenvalue weighted by molar-refractivity contribution is -0.133. The number of anilines is 1. The van der Waals surface area contributed by atoms with Gasteiger partial charge in [-0.25, -0.2) is 28.2 Å². The Morgan fingerprint density at radius 3 is 2.66 bits per heavy atom. The van der Waals surface area contributed by atoms with Crippen LogP contribution in [0.4, 0.5) is 14.7 Å². The standard InChI is InChI=1S/C24H28F2N8O/c1-14-28-19-9-8-18(30-22(19)33(14)13-21(25)26)17-10-11-34-20(17)12-27-24(31-34)29-16-6-4-15(5-7-16)23(35)32(2)3/h8-12,15-16,21H,4-7,13H2,1-3H3,(H,29,31)/t15-,16-. The van der Waals surface area contributed by atoms with Crippen LogP contribution in [-0.4, -0.2) is 66.5 Å². The van der Waals surface area contributed by atoms with Gasteiger partial charge in [-0.15, -0.1) is 5.10 Å². The Labute approximate surface area is 201 Å². The van der Waals surface area contributed by atoms with E-state index in [0.29, 0.717) is 28.6 Å². The lowest BCUT2D eigenvalue weighted by Gasteiger charge is -2.29. The van der Waals surface area contributed by atoms with Gasteiger partial charge in [0.25, 0.3) is 6.43 Å². The van der Waals surface area contributed by atoms with Gasteiger partial charge in [0, 0.05) is 37.8 Å². The number of alkyl halides is 2. The summed E-state index contributed by atoms with van der Waals surface area (Å²) in [5, 5.41) is 7.99. The Bertz CT molecular complexity index is 1370. The topological polar surface area (TPSA) is 93.2 Å². The molecule has 0 spiro atoms. The van der Waals surface area contributed by atoms with Gasteiger partial charge in [-0.3, -0.25) is 4.79 Å². The van der Waals surface area contributed by atoms with Crippen LogP contribution >= 0.6 is 0 Å². The zero-order valence-corrected chi connectivity index (χ0v) is 19.9. The Hall–Kier alpha value is -3.63. The van der Waals surface area contributed by atoms with E-state index in [2.05, 4.69) is 25.4 Å². The van der Waals surface area contributed by atoms with Crippen LogP contribution in [0.15, 0.2) is 30.6 Å². The van der Waals surface area contributed by atoms with E-state index in [4.69, 9.17) is 0 Å². The number of pyridine rings is 1. The van der Waals surface area contributed by atoms with Crippen molar-refractivity contribution in [1.29, 1.82) is 0 Å². The maximum Gasteiger partial charge on any atom is 0.256 e. The number of carbonyl (C=O) groups is 1. The third-order valence-corrected chi connectivity index (χ3v) is 6.65. The van der Waals surface area contributed by atoms with Crippen LogP contribution in [-0.2, 0) is 11.3 Å². The number of carbonyl (C=O) groups excluding carboxylic acids is 1. The van der Waals surface area contributed by atoms with Crippen LogP contribution in [0, 0.1) is 12.8 Å². The fraction of sp³-hybridized carbons (Fsp3) is 0.458. The highest BCUT2D eigenvalue weighted by molar-refractivity contribution is 5.82. The van der Waals surface area contributed by atoms with Gasteiger partial charge in [-0.1, -0.05) is 0 Å². The van der Waals surface area contributed by atoms with Gasteiger partial charge in [-0.2, -0.15) is 0 Å². The highest BCUT2D eigenvalue weighted by Gasteiger charge is 2.27. The summed E-state index contributed by atoms with van der Waals surface area (Å²) in [6.07, 6.45) is 4.55. The first-order chi connectivity index (χ1) is 16.8. The number of halogens is 2. The number of aryl methyl sites for hydroxylation is 1. The van der Waals surface area contributed by atoms with E-state index in [-0.39, 0.29) is 17.9 Å².